The Morgan fingerprint density at radius 1 is 1.00 bits per heavy atom. The Morgan fingerprint density at radius 2 is 1.72 bits per heavy atom. The first-order valence-corrected chi connectivity index (χ1v) is 9.66. The van der Waals surface area contributed by atoms with Gasteiger partial charge in [-0.15, -0.1) is 0 Å². The van der Waals surface area contributed by atoms with Gasteiger partial charge in [-0.05, 0) is 54.3 Å². The van der Waals surface area contributed by atoms with Gasteiger partial charge in [0.2, 0.25) is 0 Å². The Morgan fingerprint density at radius 3 is 2.48 bits per heavy atom. The van der Waals surface area contributed by atoms with Crippen LogP contribution < -0.4 is 4.90 Å². The molecule has 0 unspecified atom stereocenters. The van der Waals surface area contributed by atoms with Gasteiger partial charge in [0.15, 0.2) is 5.58 Å². The minimum Gasteiger partial charge on any atom is -0.423 e. The zero-order valence-electron chi connectivity index (χ0n) is 15.9. The summed E-state index contributed by atoms with van der Waals surface area (Å²) in [7, 11) is 2.02. The van der Waals surface area contributed by atoms with E-state index in [4.69, 9.17) is 4.42 Å². The predicted molar refractivity (Wildman–Crippen MR) is 107 cm³/mol. The van der Waals surface area contributed by atoms with Gasteiger partial charge in [-0.1, -0.05) is 12.1 Å². The first kappa shape index (κ1) is 18.1. The van der Waals surface area contributed by atoms with E-state index < -0.39 is 12.1 Å². The number of piperidine rings is 1. The van der Waals surface area contributed by atoms with Crippen LogP contribution in [-0.4, -0.2) is 28.8 Å². The second kappa shape index (κ2) is 6.54. The van der Waals surface area contributed by atoms with Gasteiger partial charge in [0.1, 0.15) is 5.52 Å². The van der Waals surface area contributed by atoms with Gasteiger partial charge in [-0.3, -0.25) is 0 Å². The van der Waals surface area contributed by atoms with Crippen molar-refractivity contribution in [3.05, 3.63) is 48.7 Å². The molecule has 150 valence electrons. The van der Waals surface area contributed by atoms with Crippen LogP contribution in [0.5, 0.6) is 0 Å². The highest BCUT2D eigenvalue weighted by atomic mass is 19.4. The van der Waals surface area contributed by atoms with Crippen LogP contribution in [0.3, 0.4) is 0 Å². The summed E-state index contributed by atoms with van der Waals surface area (Å²) in [6.45, 7) is 0.600. The lowest BCUT2D eigenvalue weighted by Crippen LogP contribution is -2.39. The van der Waals surface area contributed by atoms with Gasteiger partial charge >= 0.3 is 6.18 Å². The van der Waals surface area contributed by atoms with Crippen LogP contribution in [0, 0.1) is 5.92 Å². The number of nitrogens with zero attached hydrogens (tertiary/aromatic N) is 3. The van der Waals surface area contributed by atoms with E-state index in [1.165, 1.54) is 10.9 Å². The Bertz CT molecular complexity index is 1180. The molecule has 29 heavy (non-hydrogen) atoms. The molecule has 7 heteroatoms. The molecule has 0 radical (unpaired) electrons. The van der Waals surface area contributed by atoms with E-state index in [1.54, 1.807) is 4.90 Å². The van der Waals surface area contributed by atoms with Crippen molar-refractivity contribution in [3.8, 4) is 11.1 Å². The summed E-state index contributed by atoms with van der Waals surface area (Å²) >= 11 is 0. The summed E-state index contributed by atoms with van der Waals surface area (Å²) in [5.74, 6) is -1.23. The molecule has 2 aromatic heterocycles. The van der Waals surface area contributed by atoms with E-state index >= 15 is 0 Å². The Hall–Kier alpha value is -2.96. The molecule has 0 saturated carbocycles. The molecule has 1 aliphatic heterocycles. The topological polar surface area (TPSA) is 34.2 Å². The maximum absolute atomic E-state index is 12.9. The van der Waals surface area contributed by atoms with Crippen LogP contribution in [0.15, 0.2) is 53.1 Å². The third-order valence-electron chi connectivity index (χ3n) is 5.82. The van der Waals surface area contributed by atoms with Crippen LogP contribution in [0.1, 0.15) is 12.8 Å². The summed E-state index contributed by atoms with van der Waals surface area (Å²) in [5, 5.41) is 1.17. The molecule has 4 aromatic rings. The van der Waals surface area contributed by atoms with Crippen molar-refractivity contribution in [2.24, 2.45) is 13.0 Å². The van der Waals surface area contributed by atoms with E-state index in [-0.39, 0.29) is 12.8 Å². The zero-order chi connectivity index (χ0) is 20.2. The first-order valence-electron chi connectivity index (χ1n) is 9.66. The number of alkyl halides is 3. The van der Waals surface area contributed by atoms with Gasteiger partial charge < -0.3 is 13.9 Å². The maximum atomic E-state index is 12.9. The number of fused-ring (bicyclic) bond motifs is 2. The SMILES string of the molecule is Cn1ccc2cc(-c3ccc4oc(N5CCC(C(F)(F)F)CC5)nc4c3)ccc21. The number of hydrogen-bond acceptors (Lipinski definition) is 3. The molecule has 0 atom stereocenters. The fourth-order valence-electron chi connectivity index (χ4n) is 4.09. The summed E-state index contributed by atoms with van der Waals surface area (Å²) in [6, 6.07) is 14.6. The van der Waals surface area contributed by atoms with Crippen molar-refractivity contribution in [1.82, 2.24) is 9.55 Å². The maximum Gasteiger partial charge on any atom is 0.391 e. The predicted octanol–water partition coefficient (Wildman–Crippen LogP) is 5.77. The van der Waals surface area contributed by atoms with Crippen molar-refractivity contribution < 1.29 is 17.6 Å². The van der Waals surface area contributed by atoms with E-state index in [0.29, 0.717) is 30.2 Å². The molecule has 3 heterocycles. The lowest BCUT2D eigenvalue weighted by molar-refractivity contribution is -0.179. The standard InChI is InChI=1S/C22H20F3N3O/c1-27-9-6-16-12-14(2-4-19(16)27)15-3-5-20-18(13-15)26-21(29-20)28-10-7-17(8-11-28)22(23,24)25/h2-6,9,12-13,17H,7-8,10-11H2,1H3. The highest BCUT2D eigenvalue weighted by molar-refractivity contribution is 5.88. The van der Waals surface area contributed by atoms with Crippen molar-refractivity contribution >= 4 is 28.0 Å². The molecule has 0 aliphatic carbocycles. The third-order valence-corrected chi connectivity index (χ3v) is 5.82. The van der Waals surface area contributed by atoms with Crippen LogP contribution in [-0.2, 0) is 7.05 Å². The average Bonchev–Trinajstić information content (AvgIpc) is 3.30. The number of benzene rings is 2. The van der Waals surface area contributed by atoms with Crippen molar-refractivity contribution in [2.75, 3.05) is 18.0 Å². The second-order valence-electron chi connectivity index (χ2n) is 7.68. The smallest absolute Gasteiger partial charge is 0.391 e. The molecule has 4 nitrogen and oxygen atoms in total. The molecule has 1 aliphatic rings. The molecule has 1 fully saturated rings. The zero-order valence-corrected chi connectivity index (χ0v) is 15.9. The monoisotopic (exact) mass is 399 g/mol. The fraction of sp³-hybridized carbons (Fsp3) is 0.318. The van der Waals surface area contributed by atoms with Crippen molar-refractivity contribution in [2.45, 2.75) is 19.0 Å². The minimum atomic E-state index is -4.12. The van der Waals surface area contributed by atoms with Gasteiger partial charge in [0.25, 0.3) is 6.01 Å². The number of anilines is 1. The largest absolute Gasteiger partial charge is 0.423 e. The lowest BCUT2D eigenvalue weighted by atomic mass is 9.97. The number of hydrogen-bond donors (Lipinski definition) is 0. The number of rotatable bonds is 2. The molecule has 0 N–H and O–H groups in total. The molecule has 5 rings (SSSR count). The van der Waals surface area contributed by atoms with E-state index in [1.807, 2.05) is 31.4 Å². The Kier molecular flexibility index (Phi) is 4.08. The quantitative estimate of drug-likeness (QED) is 0.429. The number of oxazole rings is 1. The molecule has 0 bridgehead atoms. The molecule has 2 aromatic carbocycles. The van der Waals surface area contributed by atoms with Gasteiger partial charge in [-0.2, -0.15) is 18.2 Å². The average molecular weight is 399 g/mol. The van der Waals surface area contributed by atoms with Gasteiger partial charge in [-0.25, -0.2) is 0 Å². The molecule has 0 amide bonds. The number of halogens is 3. The van der Waals surface area contributed by atoms with Crippen LogP contribution in [0.25, 0.3) is 33.1 Å². The summed E-state index contributed by atoms with van der Waals surface area (Å²) < 4.78 is 46.6. The Balaban J connectivity index is 1.41. The summed E-state index contributed by atoms with van der Waals surface area (Å²) in [6.07, 6.45) is -1.94. The lowest BCUT2D eigenvalue weighted by Gasteiger charge is -2.31. The second-order valence-corrected chi connectivity index (χ2v) is 7.68. The van der Waals surface area contributed by atoms with Crippen LogP contribution in [0.2, 0.25) is 0 Å². The van der Waals surface area contributed by atoms with E-state index in [2.05, 4.69) is 33.8 Å². The Labute approximate surface area is 165 Å². The highest BCUT2D eigenvalue weighted by Crippen LogP contribution is 2.36. The minimum absolute atomic E-state index is 0.0740. The van der Waals surface area contributed by atoms with Gasteiger partial charge in [0, 0.05) is 37.2 Å². The first-order chi connectivity index (χ1) is 13.9. The van der Waals surface area contributed by atoms with Crippen LogP contribution in [0.4, 0.5) is 19.2 Å². The van der Waals surface area contributed by atoms with E-state index in [0.717, 1.165) is 11.1 Å². The third kappa shape index (κ3) is 3.24. The molecule has 0 spiro atoms. The summed E-state index contributed by atoms with van der Waals surface area (Å²) in [5.41, 5.74) is 4.63. The van der Waals surface area contributed by atoms with Crippen molar-refractivity contribution in [3.63, 3.8) is 0 Å². The van der Waals surface area contributed by atoms with E-state index in [9.17, 15) is 13.2 Å². The summed E-state index contributed by atoms with van der Waals surface area (Å²) in [4.78, 5) is 6.35. The number of aryl methyl sites for hydroxylation is 1. The highest BCUT2D eigenvalue weighted by Gasteiger charge is 2.41. The van der Waals surface area contributed by atoms with Crippen molar-refractivity contribution in [1.29, 1.82) is 0 Å². The van der Waals surface area contributed by atoms with Crippen LogP contribution >= 0.6 is 0 Å². The van der Waals surface area contributed by atoms with Gasteiger partial charge in [0.05, 0.1) is 5.92 Å². The molecular formula is C22H20F3N3O. The normalized spacial score (nSPS) is 16.2. The molecule has 1 saturated heterocycles. The fourth-order valence-corrected chi connectivity index (χ4v) is 4.09. The number of aromatic nitrogens is 2. The molecular weight excluding hydrogens is 379 g/mol.